The summed E-state index contributed by atoms with van der Waals surface area (Å²) in [7, 11) is 0. The lowest BCUT2D eigenvalue weighted by molar-refractivity contribution is 0.292. The van der Waals surface area contributed by atoms with Crippen LogP contribution in [0.3, 0.4) is 0 Å². The van der Waals surface area contributed by atoms with Gasteiger partial charge in [-0.25, -0.2) is 0 Å². The van der Waals surface area contributed by atoms with Gasteiger partial charge in [-0.05, 0) is 31.5 Å². The van der Waals surface area contributed by atoms with Crippen LogP contribution in [0.15, 0.2) is 36.5 Å². The fourth-order valence-electron chi connectivity index (χ4n) is 2.39. The van der Waals surface area contributed by atoms with Gasteiger partial charge in [0.05, 0.1) is 11.2 Å². The topological polar surface area (TPSA) is 73.8 Å². The number of hydrogen-bond donors (Lipinski definition) is 3. The number of aliphatic hydroxyl groups is 1. The Hall–Kier alpha value is -2.40. The van der Waals surface area contributed by atoms with Crippen molar-refractivity contribution in [3.8, 4) is 11.3 Å². The first-order chi connectivity index (χ1) is 10.3. The number of hydrogen-bond acceptors (Lipinski definition) is 4. The number of anilines is 1. The number of rotatable bonds is 5. The van der Waals surface area contributed by atoms with Crippen LogP contribution in [-0.2, 0) is 0 Å². The van der Waals surface area contributed by atoms with Crippen molar-refractivity contribution in [1.82, 2.24) is 15.2 Å². The molecule has 5 heteroatoms. The summed E-state index contributed by atoms with van der Waals surface area (Å²) in [5.41, 5.74) is 5.03. The van der Waals surface area contributed by atoms with Crippen LogP contribution in [0.25, 0.3) is 22.2 Å². The Kier molecular flexibility index (Phi) is 3.83. The fourth-order valence-corrected chi connectivity index (χ4v) is 2.39. The van der Waals surface area contributed by atoms with Gasteiger partial charge in [0.1, 0.15) is 0 Å². The number of aryl methyl sites for hydroxylation is 1. The lowest BCUT2D eigenvalue weighted by Gasteiger charge is -2.11. The minimum absolute atomic E-state index is 0.193. The lowest BCUT2D eigenvalue weighted by Crippen LogP contribution is -2.04. The predicted molar refractivity (Wildman–Crippen MR) is 84.3 cm³/mol. The standard InChI is InChI=1S/C16H18N4O/c1-11-9-15(17-6-2-8-21)13-4-3-12(10-16(13)19-11)14-5-7-18-20-14/h3-5,7,9-10,21H,2,6,8H2,1H3,(H,17,19)(H,18,20). The van der Waals surface area contributed by atoms with Crippen molar-refractivity contribution < 1.29 is 5.11 Å². The highest BCUT2D eigenvalue weighted by molar-refractivity contribution is 5.93. The second-order valence-corrected chi connectivity index (χ2v) is 5.02. The first-order valence-electron chi connectivity index (χ1n) is 7.04. The Morgan fingerprint density at radius 2 is 2.14 bits per heavy atom. The third-order valence-electron chi connectivity index (χ3n) is 3.40. The second-order valence-electron chi connectivity index (χ2n) is 5.02. The summed E-state index contributed by atoms with van der Waals surface area (Å²) in [6.07, 6.45) is 2.47. The number of aromatic amines is 1. The van der Waals surface area contributed by atoms with E-state index in [1.807, 2.05) is 19.1 Å². The zero-order valence-electron chi connectivity index (χ0n) is 11.9. The van der Waals surface area contributed by atoms with Crippen molar-refractivity contribution in [1.29, 1.82) is 0 Å². The van der Waals surface area contributed by atoms with E-state index in [2.05, 4.69) is 38.7 Å². The zero-order chi connectivity index (χ0) is 14.7. The van der Waals surface area contributed by atoms with Crippen LogP contribution in [-0.4, -0.2) is 33.4 Å². The normalized spacial score (nSPS) is 11.0. The highest BCUT2D eigenvalue weighted by atomic mass is 16.3. The third kappa shape index (κ3) is 2.87. The molecule has 3 aromatic rings. The Morgan fingerprint density at radius 1 is 1.24 bits per heavy atom. The maximum atomic E-state index is 8.89. The summed E-state index contributed by atoms with van der Waals surface area (Å²) in [5.74, 6) is 0. The molecule has 0 spiro atoms. The smallest absolute Gasteiger partial charge is 0.0732 e. The molecule has 0 saturated carbocycles. The van der Waals surface area contributed by atoms with E-state index < -0.39 is 0 Å². The molecule has 1 aromatic carbocycles. The first kappa shape index (κ1) is 13.6. The van der Waals surface area contributed by atoms with E-state index in [0.717, 1.165) is 46.5 Å². The molecule has 2 aromatic heterocycles. The van der Waals surface area contributed by atoms with Gasteiger partial charge in [-0.15, -0.1) is 0 Å². The Balaban J connectivity index is 2.01. The molecule has 3 rings (SSSR count). The van der Waals surface area contributed by atoms with Gasteiger partial charge in [0, 0.05) is 41.7 Å². The molecule has 0 aliphatic rings. The molecule has 108 valence electrons. The van der Waals surface area contributed by atoms with E-state index in [1.54, 1.807) is 6.20 Å². The Morgan fingerprint density at radius 3 is 2.90 bits per heavy atom. The van der Waals surface area contributed by atoms with Crippen LogP contribution in [0.4, 0.5) is 5.69 Å². The van der Waals surface area contributed by atoms with Crippen molar-refractivity contribution in [2.75, 3.05) is 18.5 Å². The minimum Gasteiger partial charge on any atom is -0.396 e. The highest BCUT2D eigenvalue weighted by Crippen LogP contribution is 2.27. The Labute approximate surface area is 123 Å². The largest absolute Gasteiger partial charge is 0.396 e. The number of nitrogens with one attached hydrogen (secondary N) is 2. The molecule has 0 unspecified atom stereocenters. The number of pyridine rings is 1. The van der Waals surface area contributed by atoms with Crippen LogP contribution >= 0.6 is 0 Å². The van der Waals surface area contributed by atoms with Crippen LogP contribution in [0, 0.1) is 6.92 Å². The van der Waals surface area contributed by atoms with Crippen LogP contribution in [0.2, 0.25) is 0 Å². The molecule has 0 radical (unpaired) electrons. The lowest BCUT2D eigenvalue weighted by atomic mass is 10.1. The van der Waals surface area contributed by atoms with Crippen LogP contribution in [0.5, 0.6) is 0 Å². The SMILES string of the molecule is Cc1cc(NCCCO)c2ccc(-c3ccn[nH]3)cc2n1. The molecular formula is C16H18N4O. The Bertz CT molecular complexity index is 737. The van der Waals surface area contributed by atoms with Gasteiger partial charge in [0.15, 0.2) is 0 Å². The molecule has 0 bridgehead atoms. The van der Waals surface area contributed by atoms with E-state index in [1.165, 1.54) is 0 Å². The van der Waals surface area contributed by atoms with E-state index in [9.17, 15) is 0 Å². The van der Waals surface area contributed by atoms with Gasteiger partial charge in [0.25, 0.3) is 0 Å². The average Bonchev–Trinajstić information content (AvgIpc) is 3.01. The van der Waals surface area contributed by atoms with Gasteiger partial charge < -0.3 is 10.4 Å². The van der Waals surface area contributed by atoms with Crippen LogP contribution < -0.4 is 5.32 Å². The zero-order valence-corrected chi connectivity index (χ0v) is 11.9. The number of aromatic nitrogens is 3. The van der Waals surface area contributed by atoms with Crippen molar-refractivity contribution in [3.63, 3.8) is 0 Å². The van der Waals surface area contributed by atoms with Gasteiger partial charge in [0.2, 0.25) is 0 Å². The average molecular weight is 282 g/mol. The molecule has 5 nitrogen and oxygen atoms in total. The fraction of sp³-hybridized carbons (Fsp3) is 0.250. The summed E-state index contributed by atoms with van der Waals surface area (Å²) < 4.78 is 0. The maximum absolute atomic E-state index is 8.89. The summed E-state index contributed by atoms with van der Waals surface area (Å²) >= 11 is 0. The molecule has 0 aliphatic heterocycles. The monoisotopic (exact) mass is 282 g/mol. The molecule has 0 amide bonds. The van der Waals surface area contributed by atoms with Crippen molar-refractivity contribution >= 4 is 16.6 Å². The molecule has 2 heterocycles. The summed E-state index contributed by atoms with van der Waals surface area (Å²) in [4.78, 5) is 4.61. The van der Waals surface area contributed by atoms with Crippen molar-refractivity contribution in [2.24, 2.45) is 0 Å². The summed E-state index contributed by atoms with van der Waals surface area (Å²) in [6.45, 7) is 2.93. The molecule has 21 heavy (non-hydrogen) atoms. The minimum atomic E-state index is 0.193. The third-order valence-corrected chi connectivity index (χ3v) is 3.40. The summed E-state index contributed by atoms with van der Waals surface area (Å²) in [6, 6.07) is 10.2. The van der Waals surface area contributed by atoms with E-state index in [4.69, 9.17) is 5.11 Å². The van der Waals surface area contributed by atoms with E-state index >= 15 is 0 Å². The van der Waals surface area contributed by atoms with Crippen molar-refractivity contribution in [3.05, 3.63) is 42.2 Å². The second kappa shape index (κ2) is 5.93. The van der Waals surface area contributed by atoms with Crippen molar-refractivity contribution in [2.45, 2.75) is 13.3 Å². The van der Waals surface area contributed by atoms with Gasteiger partial charge in [-0.2, -0.15) is 5.10 Å². The summed E-state index contributed by atoms with van der Waals surface area (Å²) in [5, 5.41) is 20.3. The number of H-pyrrole nitrogens is 1. The molecule has 0 saturated heterocycles. The maximum Gasteiger partial charge on any atom is 0.0732 e. The number of fused-ring (bicyclic) bond motifs is 1. The molecule has 0 atom stereocenters. The number of nitrogens with zero attached hydrogens (tertiary/aromatic N) is 2. The number of benzene rings is 1. The molecular weight excluding hydrogens is 264 g/mol. The van der Waals surface area contributed by atoms with E-state index in [-0.39, 0.29) is 6.61 Å². The first-order valence-corrected chi connectivity index (χ1v) is 7.04. The quantitative estimate of drug-likeness (QED) is 0.629. The molecule has 0 aliphatic carbocycles. The molecule has 3 N–H and O–H groups in total. The predicted octanol–water partition coefficient (Wildman–Crippen LogP) is 2.73. The van der Waals surface area contributed by atoms with Crippen LogP contribution in [0.1, 0.15) is 12.1 Å². The molecule has 0 fully saturated rings. The van der Waals surface area contributed by atoms with Gasteiger partial charge in [-0.3, -0.25) is 10.1 Å². The van der Waals surface area contributed by atoms with Gasteiger partial charge >= 0.3 is 0 Å². The van der Waals surface area contributed by atoms with E-state index in [0.29, 0.717) is 0 Å². The number of aliphatic hydroxyl groups excluding tert-OH is 1. The highest BCUT2D eigenvalue weighted by Gasteiger charge is 2.06. The van der Waals surface area contributed by atoms with Gasteiger partial charge in [-0.1, -0.05) is 12.1 Å².